The van der Waals surface area contributed by atoms with Gasteiger partial charge in [0.2, 0.25) is 5.91 Å². The summed E-state index contributed by atoms with van der Waals surface area (Å²) < 4.78 is 0. The Labute approximate surface area is 118 Å². The summed E-state index contributed by atoms with van der Waals surface area (Å²) in [6, 6.07) is 7.79. The Bertz CT molecular complexity index is 456. The second kappa shape index (κ2) is 6.66. The van der Waals surface area contributed by atoms with Gasteiger partial charge in [0.1, 0.15) is 0 Å². The smallest absolute Gasteiger partial charge is 0.244 e. The van der Waals surface area contributed by atoms with Gasteiger partial charge in [-0.15, -0.1) is 0 Å². The van der Waals surface area contributed by atoms with Crippen molar-refractivity contribution in [3.63, 3.8) is 0 Å². The number of nitrogens with one attached hydrogen (secondary N) is 1. The number of hydrogen-bond donors (Lipinski definition) is 2. The van der Waals surface area contributed by atoms with Gasteiger partial charge in [0, 0.05) is 23.1 Å². The molecule has 2 atom stereocenters. The van der Waals surface area contributed by atoms with Crippen LogP contribution in [0.2, 0.25) is 0 Å². The number of carbonyl (C=O) groups is 1. The fourth-order valence-electron chi connectivity index (χ4n) is 2.38. The van der Waals surface area contributed by atoms with E-state index in [-0.39, 0.29) is 5.91 Å². The summed E-state index contributed by atoms with van der Waals surface area (Å²) in [6.07, 6.45) is 9.03. The monoisotopic (exact) mass is 276 g/mol. The van der Waals surface area contributed by atoms with Crippen LogP contribution in [-0.4, -0.2) is 23.5 Å². The largest absolute Gasteiger partial charge is 0.399 e. The molecule has 0 saturated heterocycles. The van der Waals surface area contributed by atoms with Crippen LogP contribution in [0.25, 0.3) is 6.08 Å². The molecule has 0 radical (unpaired) electrons. The van der Waals surface area contributed by atoms with Crippen molar-refractivity contribution in [2.24, 2.45) is 0 Å². The molecular weight excluding hydrogens is 256 g/mol. The number of hydrogen-bond acceptors (Lipinski definition) is 3. The number of anilines is 1. The number of nitrogen functional groups attached to an aromatic ring is 1. The lowest BCUT2D eigenvalue weighted by Gasteiger charge is -2.17. The molecule has 0 aromatic heterocycles. The molecule has 102 valence electrons. The average molecular weight is 276 g/mol. The van der Waals surface area contributed by atoms with E-state index in [4.69, 9.17) is 5.73 Å². The summed E-state index contributed by atoms with van der Waals surface area (Å²) >= 11 is 1.85. The highest BCUT2D eigenvalue weighted by Crippen LogP contribution is 2.28. The summed E-state index contributed by atoms with van der Waals surface area (Å²) in [7, 11) is 0. The van der Waals surface area contributed by atoms with E-state index in [9.17, 15) is 4.79 Å². The predicted octanol–water partition coefficient (Wildman–Crippen LogP) is 2.68. The first-order valence-electron chi connectivity index (χ1n) is 6.56. The molecule has 1 amide bonds. The molecule has 1 aliphatic carbocycles. The average Bonchev–Trinajstić information content (AvgIpc) is 2.85. The van der Waals surface area contributed by atoms with E-state index in [0.29, 0.717) is 11.3 Å². The Morgan fingerprint density at radius 3 is 2.79 bits per heavy atom. The molecule has 2 rings (SSSR count). The molecule has 1 aromatic carbocycles. The Kier molecular flexibility index (Phi) is 4.91. The molecule has 0 aliphatic heterocycles. The fraction of sp³-hybridized carbons (Fsp3) is 0.400. The molecule has 3 N–H and O–H groups in total. The fourth-order valence-corrected chi connectivity index (χ4v) is 3.32. The van der Waals surface area contributed by atoms with Crippen molar-refractivity contribution in [1.29, 1.82) is 0 Å². The van der Waals surface area contributed by atoms with Crippen molar-refractivity contribution >= 4 is 29.4 Å². The minimum absolute atomic E-state index is 0.0113. The maximum Gasteiger partial charge on any atom is 0.244 e. The van der Waals surface area contributed by atoms with Crippen LogP contribution in [0.3, 0.4) is 0 Å². The van der Waals surface area contributed by atoms with E-state index in [0.717, 1.165) is 17.7 Å². The van der Waals surface area contributed by atoms with Crippen LogP contribution < -0.4 is 11.1 Å². The minimum atomic E-state index is -0.0113. The highest BCUT2D eigenvalue weighted by atomic mass is 32.2. The first kappa shape index (κ1) is 14.0. The van der Waals surface area contributed by atoms with E-state index in [1.165, 1.54) is 12.8 Å². The highest BCUT2D eigenvalue weighted by molar-refractivity contribution is 7.99. The highest BCUT2D eigenvalue weighted by Gasteiger charge is 2.26. The molecule has 2 unspecified atom stereocenters. The molecule has 3 nitrogen and oxygen atoms in total. The normalized spacial score (nSPS) is 22.8. The topological polar surface area (TPSA) is 55.1 Å². The number of amides is 1. The summed E-state index contributed by atoms with van der Waals surface area (Å²) in [5.74, 6) is -0.0113. The van der Waals surface area contributed by atoms with Gasteiger partial charge in [-0.2, -0.15) is 11.8 Å². The van der Waals surface area contributed by atoms with E-state index in [2.05, 4.69) is 11.6 Å². The Morgan fingerprint density at radius 2 is 2.11 bits per heavy atom. The Hall–Kier alpha value is -1.42. The van der Waals surface area contributed by atoms with Crippen molar-refractivity contribution in [1.82, 2.24) is 5.32 Å². The zero-order chi connectivity index (χ0) is 13.7. The summed E-state index contributed by atoms with van der Waals surface area (Å²) in [5.41, 5.74) is 7.33. The molecule has 0 bridgehead atoms. The number of thioether (sulfide) groups is 1. The van der Waals surface area contributed by atoms with Crippen LogP contribution in [0.15, 0.2) is 30.3 Å². The molecule has 4 heteroatoms. The first-order chi connectivity index (χ1) is 9.19. The van der Waals surface area contributed by atoms with Gasteiger partial charge >= 0.3 is 0 Å². The summed E-state index contributed by atoms with van der Waals surface area (Å²) in [6.45, 7) is 0. The van der Waals surface area contributed by atoms with Gasteiger partial charge in [-0.25, -0.2) is 0 Å². The zero-order valence-electron chi connectivity index (χ0n) is 11.1. The Balaban J connectivity index is 1.88. The Morgan fingerprint density at radius 1 is 1.37 bits per heavy atom. The molecule has 0 spiro atoms. The van der Waals surface area contributed by atoms with Crippen LogP contribution in [0.1, 0.15) is 24.8 Å². The van der Waals surface area contributed by atoms with Crippen molar-refractivity contribution in [3.05, 3.63) is 35.9 Å². The van der Waals surface area contributed by atoms with Crippen LogP contribution in [0, 0.1) is 0 Å². The van der Waals surface area contributed by atoms with Gasteiger partial charge < -0.3 is 11.1 Å². The third kappa shape index (κ3) is 4.03. The zero-order valence-corrected chi connectivity index (χ0v) is 12.0. The lowest BCUT2D eigenvalue weighted by molar-refractivity contribution is -0.117. The second-order valence-corrected chi connectivity index (χ2v) is 5.90. The summed E-state index contributed by atoms with van der Waals surface area (Å²) in [4.78, 5) is 11.9. The maximum absolute atomic E-state index is 11.9. The van der Waals surface area contributed by atoms with Crippen molar-refractivity contribution in [3.8, 4) is 0 Å². The lowest BCUT2D eigenvalue weighted by Crippen LogP contribution is -2.37. The van der Waals surface area contributed by atoms with Crippen molar-refractivity contribution in [2.45, 2.75) is 30.6 Å². The third-order valence-corrected chi connectivity index (χ3v) is 4.62. The van der Waals surface area contributed by atoms with Gasteiger partial charge in [0.15, 0.2) is 0 Å². The van der Waals surface area contributed by atoms with Crippen molar-refractivity contribution in [2.75, 3.05) is 12.0 Å². The molecule has 1 aromatic rings. The van der Waals surface area contributed by atoms with Gasteiger partial charge in [0.05, 0.1) is 0 Å². The van der Waals surface area contributed by atoms with Gasteiger partial charge in [-0.1, -0.05) is 18.6 Å². The van der Waals surface area contributed by atoms with Crippen LogP contribution in [0.5, 0.6) is 0 Å². The summed E-state index contributed by atoms with van der Waals surface area (Å²) in [5, 5.41) is 3.65. The van der Waals surface area contributed by atoms with E-state index in [1.54, 1.807) is 6.08 Å². The molecule has 1 aliphatic rings. The minimum Gasteiger partial charge on any atom is -0.399 e. The number of benzene rings is 1. The standard InChI is InChI=1S/C15H20N2OS/c1-19-14-4-2-3-13(14)17-15(18)10-7-11-5-8-12(16)9-6-11/h5-10,13-14H,2-4,16H2,1H3,(H,17,18)/b10-7+. The van der Waals surface area contributed by atoms with Crippen molar-refractivity contribution < 1.29 is 4.79 Å². The molecule has 1 fully saturated rings. The number of carbonyl (C=O) groups excluding carboxylic acids is 1. The molecule has 1 saturated carbocycles. The first-order valence-corrected chi connectivity index (χ1v) is 7.85. The maximum atomic E-state index is 11.9. The lowest BCUT2D eigenvalue weighted by atomic mass is 10.2. The SMILES string of the molecule is CSC1CCCC1NC(=O)/C=C/c1ccc(N)cc1. The van der Waals surface area contributed by atoms with Crippen LogP contribution in [0.4, 0.5) is 5.69 Å². The predicted molar refractivity (Wildman–Crippen MR) is 83.0 cm³/mol. The van der Waals surface area contributed by atoms with Crippen LogP contribution in [-0.2, 0) is 4.79 Å². The third-order valence-electron chi connectivity index (χ3n) is 3.45. The van der Waals surface area contributed by atoms with Gasteiger partial charge in [-0.3, -0.25) is 4.79 Å². The van der Waals surface area contributed by atoms with Gasteiger partial charge in [-0.05, 0) is 42.9 Å². The van der Waals surface area contributed by atoms with Crippen LogP contribution >= 0.6 is 11.8 Å². The molecule has 19 heavy (non-hydrogen) atoms. The second-order valence-electron chi connectivity index (χ2n) is 4.82. The molecular formula is C15H20N2OS. The quantitative estimate of drug-likeness (QED) is 0.656. The van der Waals surface area contributed by atoms with Gasteiger partial charge in [0.25, 0.3) is 0 Å². The van der Waals surface area contributed by atoms with E-state index < -0.39 is 0 Å². The number of rotatable bonds is 4. The number of nitrogens with two attached hydrogens (primary N) is 1. The van der Waals surface area contributed by atoms with E-state index >= 15 is 0 Å². The van der Waals surface area contributed by atoms with E-state index in [1.807, 2.05) is 42.1 Å². The molecule has 0 heterocycles.